The van der Waals surface area contributed by atoms with Crippen LogP contribution in [0.3, 0.4) is 0 Å². The molecule has 0 aliphatic carbocycles. The third-order valence-corrected chi connectivity index (χ3v) is 2.94. The molecule has 21 heavy (non-hydrogen) atoms. The van der Waals surface area contributed by atoms with Crippen LogP contribution in [0.2, 0.25) is 0 Å². The summed E-state index contributed by atoms with van der Waals surface area (Å²) in [5.41, 5.74) is 2.76. The number of aromatic nitrogens is 1. The molecule has 1 aromatic carbocycles. The highest BCUT2D eigenvalue weighted by Crippen LogP contribution is 2.34. The Morgan fingerprint density at radius 2 is 1.81 bits per heavy atom. The molecular formula is C15H17F2N3O. The van der Waals surface area contributed by atoms with Gasteiger partial charge in [-0.2, -0.15) is 4.98 Å². The van der Waals surface area contributed by atoms with Crippen molar-refractivity contribution in [3.8, 4) is 11.6 Å². The molecule has 2 aromatic rings. The third-order valence-electron chi connectivity index (χ3n) is 2.94. The standard InChI is InChI=1S/C15H17F2N3O/c1-15(2,3)9-6-4-5-7-12(9)21-14-11(17)8-10(16)13(19-14)20-18/h4-8H,18H2,1-3H3,(H,19,20). The fourth-order valence-corrected chi connectivity index (χ4v) is 1.90. The molecule has 0 spiro atoms. The van der Waals surface area contributed by atoms with E-state index in [2.05, 4.69) is 10.4 Å². The van der Waals surface area contributed by atoms with Gasteiger partial charge >= 0.3 is 0 Å². The summed E-state index contributed by atoms with van der Waals surface area (Å²) in [6.07, 6.45) is 0. The highest BCUT2D eigenvalue weighted by Gasteiger charge is 2.21. The number of nitrogen functional groups attached to an aromatic ring is 1. The average Bonchev–Trinajstić information content (AvgIpc) is 2.41. The molecule has 3 N–H and O–H groups in total. The van der Waals surface area contributed by atoms with Crippen LogP contribution in [0.5, 0.6) is 11.6 Å². The Morgan fingerprint density at radius 1 is 1.14 bits per heavy atom. The maximum absolute atomic E-state index is 13.8. The lowest BCUT2D eigenvalue weighted by molar-refractivity contribution is 0.404. The summed E-state index contributed by atoms with van der Waals surface area (Å²) in [5.74, 6) is 3.21. The Balaban J connectivity index is 2.44. The smallest absolute Gasteiger partial charge is 0.258 e. The number of nitrogens with one attached hydrogen (secondary N) is 1. The van der Waals surface area contributed by atoms with Crippen molar-refractivity contribution in [1.29, 1.82) is 0 Å². The van der Waals surface area contributed by atoms with Crippen molar-refractivity contribution in [1.82, 2.24) is 4.98 Å². The van der Waals surface area contributed by atoms with Gasteiger partial charge in [-0.05, 0) is 11.5 Å². The summed E-state index contributed by atoms with van der Waals surface area (Å²) in [7, 11) is 0. The molecule has 1 heterocycles. The monoisotopic (exact) mass is 293 g/mol. The lowest BCUT2D eigenvalue weighted by Crippen LogP contribution is -2.14. The molecular weight excluding hydrogens is 276 g/mol. The molecule has 0 bridgehead atoms. The molecule has 0 atom stereocenters. The number of halogens is 2. The van der Waals surface area contributed by atoms with Crippen molar-refractivity contribution in [3.63, 3.8) is 0 Å². The highest BCUT2D eigenvalue weighted by molar-refractivity contribution is 5.43. The van der Waals surface area contributed by atoms with E-state index in [0.29, 0.717) is 11.8 Å². The van der Waals surface area contributed by atoms with Crippen molar-refractivity contribution >= 4 is 5.82 Å². The first-order chi connectivity index (χ1) is 9.82. The first-order valence-electron chi connectivity index (χ1n) is 6.43. The Labute approximate surface area is 121 Å². The predicted octanol–water partition coefficient (Wildman–Crippen LogP) is 3.74. The summed E-state index contributed by atoms with van der Waals surface area (Å²) in [6, 6.07) is 7.92. The van der Waals surface area contributed by atoms with Gasteiger partial charge in [0, 0.05) is 11.6 Å². The summed E-state index contributed by atoms with van der Waals surface area (Å²) in [5, 5.41) is 0. The molecule has 0 saturated heterocycles. The SMILES string of the molecule is CC(C)(C)c1ccccc1Oc1nc(NN)c(F)cc1F. The van der Waals surface area contributed by atoms with Gasteiger partial charge in [-0.1, -0.05) is 39.0 Å². The maximum atomic E-state index is 13.8. The van der Waals surface area contributed by atoms with E-state index in [4.69, 9.17) is 10.6 Å². The van der Waals surface area contributed by atoms with Crippen LogP contribution in [0.4, 0.5) is 14.6 Å². The van der Waals surface area contributed by atoms with Crippen LogP contribution in [0.25, 0.3) is 0 Å². The van der Waals surface area contributed by atoms with E-state index in [-0.39, 0.29) is 17.1 Å². The molecule has 1 aromatic heterocycles. The molecule has 112 valence electrons. The lowest BCUT2D eigenvalue weighted by Gasteiger charge is -2.22. The minimum Gasteiger partial charge on any atom is -0.436 e. The number of ether oxygens (including phenoxy) is 1. The van der Waals surface area contributed by atoms with E-state index in [1.165, 1.54) is 0 Å². The number of hydrazine groups is 1. The molecule has 0 aliphatic heterocycles. The van der Waals surface area contributed by atoms with Crippen molar-refractivity contribution in [2.75, 3.05) is 5.43 Å². The second-order valence-corrected chi connectivity index (χ2v) is 5.60. The number of benzene rings is 1. The molecule has 0 fully saturated rings. The van der Waals surface area contributed by atoms with Gasteiger partial charge in [0.05, 0.1) is 0 Å². The van der Waals surface area contributed by atoms with Crippen LogP contribution in [0, 0.1) is 11.6 Å². The topological polar surface area (TPSA) is 60.2 Å². The molecule has 2 rings (SSSR count). The number of rotatable bonds is 3. The van der Waals surface area contributed by atoms with Gasteiger partial charge in [-0.25, -0.2) is 14.6 Å². The quantitative estimate of drug-likeness (QED) is 0.668. The first kappa shape index (κ1) is 15.2. The Kier molecular flexibility index (Phi) is 4.09. The summed E-state index contributed by atoms with van der Waals surface area (Å²) in [4.78, 5) is 3.70. The minimum absolute atomic E-state index is 0.192. The molecule has 4 nitrogen and oxygen atoms in total. The number of anilines is 1. The van der Waals surface area contributed by atoms with Crippen LogP contribution in [0.1, 0.15) is 26.3 Å². The number of nitrogens with two attached hydrogens (primary N) is 1. The van der Waals surface area contributed by atoms with Crippen molar-refractivity contribution in [2.24, 2.45) is 5.84 Å². The fraction of sp³-hybridized carbons (Fsp3) is 0.267. The van der Waals surface area contributed by atoms with E-state index < -0.39 is 11.6 Å². The van der Waals surface area contributed by atoms with Crippen LogP contribution in [-0.2, 0) is 5.41 Å². The van der Waals surface area contributed by atoms with Gasteiger partial charge in [0.15, 0.2) is 17.5 Å². The largest absolute Gasteiger partial charge is 0.436 e. The van der Waals surface area contributed by atoms with E-state index >= 15 is 0 Å². The zero-order chi connectivity index (χ0) is 15.6. The predicted molar refractivity (Wildman–Crippen MR) is 77.2 cm³/mol. The van der Waals surface area contributed by atoms with Crippen LogP contribution in [0.15, 0.2) is 30.3 Å². The zero-order valence-corrected chi connectivity index (χ0v) is 12.1. The van der Waals surface area contributed by atoms with Gasteiger partial charge in [0.1, 0.15) is 5.75 Å². The molecule has 0 amide bonds. The maximum Gasteiger partial charge on any atom is 0.258 e. The number of hydrogen-bond donors (Lipinski definition) is 2. The van der Waals surface area contributed by atoms with Crippen LogP contribution >= 0.6 is 0 Å². The van der Waals surface area contributed by atoms with E-state index in [9.17, 15) is 8.78 Å². The number of nitrogens with zero attached hydrogens (tertiary/aromatic N) is 1. The van der Waals surface area contributed by atoms with Crippen molar-refractivity contribution < 1.29 is 13.5 Å². The van der Waals surface area contributed by atoms with E-state index in [1.54, 1.807) is 12.1 Å². The summed E-state index contributed by atoms with van der Waals surface area (Å²) >= 11 is 0. The van der Waals surface area contributed by atoms with E-state index in [0.717, 1.165) is 5.56 Å². The average molecular weight is 293 g/mol. The van der Waals surface area contributed by atoms with Gasteiger partial charge in [-0.15, -0.1) is 0 Å². The van der Waals surface area contributed by atoms with Gasteiger partial charge in [0.2, 0.25) is 0 Å². The first-order valence-corrected chi connectivity index (χ1v) is 6.43. The minimum atomic E-state index is -0.893. The Hall–Kier alpha value is -2.21. The third kappa shape index (κ3) is 3.28. The molecule has 0 aliphatic rings. The Morgan fingerprint density at radius 3 is 2.43 bits per heavy atom. The molecule has 0 saturated carbocycles. The number of para-hydroxylation sites is 1. The molecule has 6 heteroatoms. The second-order valence-electron chi connectivity index (χ2n) is 5.60. The van der Waals surface area contributed by atoms with Crippen molar-refractivity contribution in [2.45, 2.75) is 26.2 Å². The summed E-state index contributed by atoms with van der Waals surface area (Å²) < 4.78 is 32.6. The van der Waals surface area contributed by atoms with E-state index in [1.807, 2.05) is 32.9 Å². The second kappa shape index (κ2) is 5.65. The normalized spacial score (nSPS) is 11.3. The summed E-state index contributed by atoms with van der Waals surface area (Å²) in [6.45, 7) is 6.03. The highest BCUT2D eigenvalue weighted by atomic mass is 19.1. The fourth-order valence-electron chi connectivity index (χ4n) is 1.90. The zero-order valence-electron chi connectivity index (χ0n) is 12.1. The van der Waals surface area contributed by atoms with Crippen molar-refractivity contribution in [3.05, 3.63) is 47.5 Å². The van der Waals surface area contributed by atoms with Crippen LogP contribution < -0.4 is 16.0 Å². The van der Waals surface area contributed by atoms with Crippen LogP contribution in [-0.4, -0.2) is 4.98 Å². The Bertz CT molecular complexity index is 654. The number of pyridine rings is 1. The van der Waals surface area contributed by atoms with Gasteiger partial charge in [-0.3, -0.25) is 0 Å². The van der Waals surface area contributed by atoms with Gasteiger partial charge in [0.25, 0.3) is 5.88 Å². The van der Waals surface area contributed by atoms with Gasteiger partial charge < -0.3 is 10.2 Å². The molecule has 0 unspecified atom stereocenters. The lowest BCUT2D eigenvalue weighted by atomic mass is 9.86. The molecule has 0 radical (unpaired) electrons. The number of hydrogen-bond acceptors (Lipinski definition) is 4.